The molecule has 0 aliphatic carbocycles. The van der Waals surface area contributed by atoms with Gasteiger partial charge in [-0.15, -0.1) is 6.58 Å². The molecule has 3 N–H and O–H groups in total. The molecule has 0 heterocycles. The molecule has 0 aromatic heterocycles. The first-order valence-electron chi connectivity index (χ1n) is 7.32. The number of nitrogens with two attached hydrogens (primary N) is 1. The minimum absolute atomic E-state index is 0.0645. The first-order valence-corrected chi connectivity index (χ1v) is 7.32. The maximum atomic E-state index is 11.3. The van der Waals surface area contributed by atoms with Crippen LogP contribution < -0.4 is 5.73 Å². The van der Waals surface area contributed by atoms with Crippen molar-refractivity contribution in [3.63, 3.8) is 0 Å². The van der Waals surface area contributed by atoms with Gasteiger partial charge in [0.15, 0.2) is 0 Å². The number of carbonyl (C=O) groups is 2. The van der Waals surface area contributed by atoms with Crippen LogP contribution in [0.1, 0.15) is 57.8 Å². The summed E-state index contributed by atoms with van der Waals surface area (Å²) in [6.07, 6.45) is 9.89. The van der Waals surface area contributed by atoms with Gasteiger partial charge < -0.3 is 15.6 Å². The number of hydrogen-bond acceptors (Lipinski definition) is 4. The van der Waals surface area contributed by atoms with Gasteiger partial charge in [0.05, 0.1) is 6.61 Å². The summed E-state index contributed by atoms with van der Waals surface area (Å²) in [5, 5.41) is 8.56. The zero-order valence-corrected chi connectivity index (χ0v) is 12.2. The van der Waals surface area contributed by atoms with Crippen molar-refractivity contribution in [3.05, 3.63) is 12.7 Å². The smallest absolute Gasteiger partial charge is 0.320 e. The Labute approximate surface area is 121 Å². The lowest BCUT2D eigenvalue weighted by Gasteiger charge is -2.07. The quantitative estimate of drug-likeness (QED) is 0.308. The Morgan fingerprint density at radius 1 is 1.15 bits per heavy atom. The Kier molecular flexibility index (Phi) is 11.8. The SMILES string of the molecule is C=CCCCCCCCCOC(=O)CC[C@H](N)C(=O)O. The highest BCUT2D eigenvalue weighted by Crippen LogP contribution is 2.07. The minimum atomic E-state index is -1.09. The second-order valence-corrected chi connectivity index (χ2v) is 4.90. The number of carboxylic acids is 1. The van der Waals surface area contributed by atoms with Crippen molar-refractivity contribution in [1.82, 2.24) is 0 Å². The fourth-order valence-electron chi connectivity index (χ4n) is 1.75. The lowest BCUT2D eigenvalue weighted by molar-refractivity contribution is -0.144. The highest BCUT2D eigenvalue weighted by atomic mass is 16.5. The lowest BCUT2D eigenvalue weighted by atomic mass is 10.1. The van der Waals surface area contributed by atoms with E-state index in [-0.39, 0.29) is 18.8 Å². The van der Waals surface area contributed by atoms with E-state index >= 15 is 0 Å². The molecule has 20 heavy (non-hydrogen) atoms. The monoisotopic (exact) mass is 285 g/mol. The molecule has 0 spiro atoms. The average molecular weight is 285 g/mol. The summed E-state index contributed by atoms with van der Waals surface area (Å²) in [6.45, 7) is 4.09. The van der Waals surface area contributed by atoms with Crippen LogP contribution >= 0.6 is 0 Å². The van der Waals surface area contributed by atoms with Crippen molar-refractivity contribution in [1.29, 1.82) is 0 Å². The van der Waals surface area contributed by atoms with E-state index in [0.717, 1.165) is 25.7 Å². The van der Waals surface area contributed by atoms with Gasteiger partial charge in [-0.2, -0.15) is 0 Å². The molecule has 0 bridgehead atoms. The number of rotatable bonds is 13. The first kappa shape index (κ1) is 18.6. The molecule has 0 aliphatic rings. The van der Waals surface area contributed by atoms with Gasteiger partial charge in [0, 0.05) is 6.42 Å². The van der Waals surface area contributed by atoms with Crippen molar-refractivity contribution in [2.45, 2.75) is 63.8 Å². The summed E-state index contributed by atoms with van der Waals surface area (Å²) in [5.41, 5.74) is 5.30. The predicted molar refractivity (Wildman–Crippen MR) is 78.3 cm³/mol. The first-order chi connectivity index (χ1) is 9.57. The van der Waals surface area contributed by atoms with Gasteiger partial charge in [0.2, 0.25) is 0 Å². The van der Waals surface area contributed by atoms with E-state index in [2.05, 4.69) is 6.58 Å². The number of carbonyl (C=O) groups excluding carboxylic acids is 1. The summed E-state index contributed by atoms with van der Waals surface area (Å²) in [7, 11) is 0. The number of aliphatic carboxylic acids is 1. The number of esters is 1. The maximum Gasteiger partial charge on any atom is 0.320 e. The van der Waals surface area contributed by atoms with Gasteiger partial charge in [-0.25, -0.2) is 0 Å². The molecule has 0 aromatic carbocycles. The Bertz CT molecular complexity index is 292. The van der Waals surface area contributed by atoms with Crippen molar-refractivity contribution < 1.29 is 19.4 Å². The third-order valence-electron chi connectivity index (χ3n) is 3.04. The third kappa shape index (κ3) is 11.7. The third-order valence-corrected chi connectivity index (χ3v) is 3.04. The molecule has 0 saturated carbocycles. The van der Waals surface area contributed by atoms with Crippen LogP contribution in [-0.4, -0.2) is 29.7 Å². The van der Waals surface area contributed by atoms with Crippen LogP contribution in [0.15, 0.2) is 12.7 Å². The number of hydrogen-bond donors (Lipinski definition) is 2. The zero-order valence-electron chi connectivity index (χ0n) is 12.2. The molecule has 116 valence electrons. The number of allylic oxidation sites excluding steroid dienone is 1. The highest BCUT2D eigenvalue weighted by molar-refractivity contribution is 5.75. The molecule has 0 fully saturated rings. The van der Waals surface area contributed by atoms with E-state index < -0.39 is 12.0 Å². The predicted octanol–water partition coefficient (Wildman–Crippen LogP) is 2.64. The van der Waals surface area contributed by atoms with Crippen LogP contribution in [0, 0.1) is 0 Å². The molecule has 0 rings (SSSR count). The van der Waals surface area contributed by atoms with E-state index in [1.165, 1.54) is 19.3 Å². The molecular weight excluding hydrogens is 258 g/mol. The second-order valence-electron chi connectivity index (χ2n) is 4.90. The van der Waals surface area contributed by atoms with Crippen molar-refractivity contribution in [2.75, 3.05) is 6.61 Å². The lowest BCUT2D eigenvalue weighted by Crippen LogP contribution is -2.30. The van der Waals surface area contributed by atoms with Crippen LogP contribution in [0.5, 0.6) is 0 Å². The molecule has 0 saturated heterocycles. The molecule has 0 radical (unpaired) electrons. The molecule has 0 amide bonds. The van der Waals surface area contributed by atoms with Crippen LogP contribution in [0.4, 0.5) is 0 Å². The van der Waals surface area contributed by atoms with Gasteiger partial charge in [0.25, 0.3) is 0 Å². The fraction of sp³-hybridized carbons (Fsp3) is 0.733. The molecule has 0 aliphatic heterocycles. The van der Waals surface area contributed by atoms with E-state index in [4.69, 9.17) is 15.6 Å². The Morgan fingerprint density at radius 3 is 2.35 bits per heavy atom. The van der Waals surface area contributed by atoms with Crippen molar-refractivity contribution in [2.24, 2.45) is 5.73 Å². The molecule has 0 unspecified atom stereocenters. The van der Waals surface area contributed by atoms with E-state index in [9.17, 15) is 9.59 Å². The van der Waals surface area contributed by atoms with Gasteiger partial charge in [0.1, 0.15) is 6.04 Å². The van der Waals surface area contributed by atoms with Crippen molar-refractivity contribution >= 4 is 11.9 Å². The number of carboxylic acid groups (broad SMARTS) is 1. The molecule has 0 aromatic rings. The highest BCUT2D eigenvalue weighted by Gasteiger charge is 2.13. The normalized spacial score (nSPS) is 11.8. The van der Waals surface area contributed by atoms with E-state index in [1.807, 2.05) is 6.08 Å². The Morgan fingerprint density at radius 2 is 1.75 bits per heavy atom. The van der Waals surface area contributed by atoms with Crippen LogP contribution in [0.3, 0.4) is 0 Å². The largest absolute Gasteiger partial charge is 0.480 e. The Balaban J connectivity index is 3.31. The van der Waals surface area contributed by atoms with Crippen LogP contribution in [0.2, 0.25) is 0 Å². The standard InChI is InChI=1S/C15H27NO4/c1-2-3-4-5-6-7-8-9-12-20-14(17)11-10-13(16)15(18)19/h2,13H,1,3-12,16H2,(H,18,19)/t13-/m0/s1. The number of unbranched alkanes of at least 4 members (excludes halogenated alkanes) is 6. The Hall–Kier alpha value is -1.36. The summed E-state index contributed by atoms with van der Waals surface area (Å²) in [5.74, 6) is -1.46. The minimum Gasteiger partial charge on any atom is -0.480 e. The summed E-state index contributed by atoms with van der Waals surface area (Å²) in [6, 6.07) is -0.988. The van der Waals surface area contributed by atoms with Crippen LogP contribution in [-0.2, 0) is 14.3 Å². The maximum absolute atomic E-state index is 11.3. The summed E-state index contributed by atoms with van der Waals surface area (Å²) < 4.78 is 5.02. The summed E-state index contributed by atoms with van der Waals surface area (Å²) >= 11 is 0. The van der Waals surface area contributed by atoms with E-state index in [0.29, 0.717) is 6.61 Å². The van der Waals surface area contributed by atoms with Crippen molar-refractivity contribution in [3.8, 4) is 0 Å². The van der Waals surface area contributed by atoms with Crippen LogP contribution in [0.25, 0.3) is 0 Å². The molecule has 1 atom stereocenters. The fourth-order valence-corrected chi connectivity index (χ4v) is 1.75. The zero-order chi connectivity index (χ0) is 15.2. The molecule has 5 nitrogen and oxygen atoms in total. The average Bonchev–Trinajstić information content (AvgIpc) is 2.42. The summed E-state index contributed by atoms with van der Waals surface area (Å²) in [4.78, 5) is 21.8. The van der Waals surface area contributed by atoms with Gasteiger partial charge in [-0.3, -0.25) is 9.59 Å². The van der Waals surface area contributed by atoms with Gasteiger partial charge >= 0.3 is 11.9 Å². The topological polar surface area (TPSA) is 89.6 Å². The number of ether oxygens (including phenoxy) is 1. The van der Waals surface area contributed by atoms with Gasteiger partial charge in [-0.1, -0.05) is 31.8 Å². The second kappa shape index (κ2) is 12.7. The van der Waals surface area contributed by atoms with E-state index in [1.54, 1.807) is 0 Å². The molecular formula is C15H27NO4. The van der Waals surface area contributed by atoms with Gasteiger partial charge in [-0.05, 0) is 25.7 Å². The molecule has 5 heteroatoms.